The van der Waals surface area contributed by atoms with Gasteiger partial charge in [0.15, 0.2) is 5.41 Å². The highest BCUT2D eigenvalue weighted by Crippen LogP contribution is 2.30. The summed E-state index contributed by atoms with van der Waals surface area (Å²) in [6.45, 7) is 0. The summed E-state index contributed by atoms with van der Waals surface area (Å²) in [5, 5.41) is 28.2. The van der Waals surface area contributed by atoms with Crippen molar-refractivity contribution in [2.75, 3.05) is 7.11 Å². The summed E-state index contributed by atoms with van der Waals surface area (Å²) in [6.07, 6.45) is -0.130. The van der Waals surface area contributed by atoms with Crippen LogP contribution in [0, 0.1) is 16.7 Å². The molecule has 2 aromatic carbocycles. The molecule has 2 rings (SSSR count). The van der Waals surface area contributed by atoms with Gasteiger partial charge >= 0.3 is 17.9 Å². The van der Waals surface area contributed by atoms with Crippen LogP contribution >= 0.6 is 0 Å². The number of aryl methyl sites for hydroxylation is 1. The predicted molar refractivity (Wildman–Crippen MR) is 98.7 cm³/mol. The van der Waals surface area contributed by atoms with Crippen LogP contribution in [-0.2, 0) is 27.2 Å². The van der Waals surface area contributed by atoms with E-state index in [1.165, 1.54) is 19.2 Å². The first-order valence-electron chi connectivity index (χ1n) is 8.45. The summed E-state index contributed by atoms with van der Waals surface area (Å²) in [6, 6.07) is 14.5. The number of esters is 1. The van der Waals surface area contributed by atoms with Crippen LogP contribution in [0.2, 0.25) is 0 Å². The minimum Gasteiger partial charge on any atom is -0.480 e. The van der Waals surface area contributed by atoms with Crippen molar-refractivity contribution in [2.45, 2.75) is 19.3 Å². The van der Waals surface area contributed by atoms with E-state index in [1.54, 1.807) is 36.4 Å². The van der Waals surface area contributed by atoms with Crippen molar-refractivity contribution in [3.8, 4) is 6.07 Å². The largest absolute Gasteiger partial charge is 0.480 e. The predicted octanol–water partition coefficient (Wildman–Crippen LogP) is 2.68. The molecule has 7 heteroatoms. The minimum atomic E-state index is -2.00. The summed E-state index contributed by atoms with van der Waals surface area (Å²) in [7, 11) is 1.27. The van der Waals surface area contributed by atoms with Gasteiger partial charge in [-0.15, -0.1) is 0 Å². The monoisotopic (exact) mass is 381 g/mol. The zero-order valence-corrected chi connectivity index (χ0v) is 15.2. The quantitative estimate of drug-likeness (QED) is 0.532. The first-order chi connectivity index (χ1) is 13.3. The fourth-order valence-electron chi connectivity index (χ4n) is 2.87. The number of carboxylic acids is 2. The van der Waals surface area contributed by atoms with Crippen molar-refractivity contribution < 1.29 is 29.3 Å². The molecule has 0 saturated heterocycles. The lowest BCUT2D eigenvalue weighted by atomic mass is 9.77. The lowest BCUT2D eigenvalue weighted by Gasteiger charge is -2.25. The Balaban J connectivity index is 2.23. The molecule has 0 aliphatic carbocycles. The van der Waals surface area contributed by atoms with E-state index in [0.29, 0.717) is 22.3 Å². The molecular formula is C21H19NO6. The van der Waals surface area contributed by atoms with Gasteiger partial charge in [-0.25, -0.2) is 4.79 Å². The highest BCUT2D eigenvalue weighted by atomic mass is 16.5. The van der Waals surface area contributed by atoms with Crippen molar-refractivity contribution in [1.29, 1.82) is 5.26 Å². The van der Waals surface area contributed by atoms with Gasteiger partial charge in [-0.3, -0.25) is 9.59 Å². The highest BCUT2D eigenvalue weighted by Gasteiger charge is 2.46. The number of nitrogens with zero attached hydrogens (tertiary/aromatic N) is 1. The Morgan fingerprint density at radius 2 is 1.50 bits per heavy atom. The molecule has 144 valence electrons. The topological polar surface area (TPSA) is 125 Å². The number of aliphatic carboxylic acids is 2. The molecule has 0 aromatic heterocycles. The molecule has 0 bridgehead atoms. The van der Waals surface area contributed by atoms with E-state index in [2.05, 4.69) is 4.74 Å². The molecule has 0 atom stereocenters. The number of carbonyl (C=O) groups excluding carboxylic acids is 1. The number of methoxy groups -OCH3 is 1. The molecule has 2 N–H and O–H groups in total. The molecular weight excluding hydrogens is 362 g/mol. The minimum absolute atomic E-state index is 0.130. The fraction of sp³-hybridized carbons (Fsp3) is 0.238. The van der Waals surface area contributed by atoms with E-state index in [1.807, 2.05) is 6.07 Å². The van der Waals surface area contributed by atoms with Gasteiger partial charge in [0.25, 0.3) is 0 Å². The van der Waals surface area contributed by atoms with Crippen LogP contribution in [0.25, 0.3) is 0 Å². The van der Waals surface area contributed by atoms with E-state index in [0.717, 1.165) is 0 Å². The van der Waals surface area contributed by atoms with Crippen LogP contribution in [0.1, 0.15) is 33.5 Å². The molecule has 0 aliphatic rings. The molecule has 0 aliphatic heterocycles. The number of carbonyl (C=O) groups is 3. The summed E-state index contributed by atoms with van der Waals surface area (Å²) >= 11 is 0. The van der Waals surface area contributed by atoms with E-state index in [4.69, 9.17) is 5.26 Å². The Bertz CT molecular complexity index is 895. The molecule has 28 heavy (non-hydrogen) atoms. The Hall–Kier alpha value is -3.66. The van der Waals surface area contributed by atoms with Crippen molar-refractivity contribution in [3.05, 3.63) is 70.8 Å². The van der Waals surface area contributed by atoms with E-state index in [-0.39, 0.29) is 19.3 Å². The van der Waals surface area contributed by atoms with Crippen LogP contribution in [0.5, 0.6) is 0 Å². The average molecular weight is 381 g/mol. The second kappa shape index (κ2) is 8.82. The molecule has 0 heterocycles. The number of carboxylic acid groups (broad SMARTS) is 2. The summed E-state index contributed by atoms with van der Waals surface area (Å²) < 4.78 is 4.62. The van der Waals surface area contributed by atoms with Crippen molar-refractivity contribution in [2.24, 2.45) is 5.41 Å². The Morgan fingerprint density at radius 3 is 1.96 bits per heavy atom. The van der Waals surface area contributed by atoms with Gasteiger partial charge in [-0.1, -0.05) is 24.3 Å². The molecule has 7 nitrogen and oxygen atoms in total. The summed E-state index contributed by atoms with van der Waals surface area (Å²) in [5.74, 6) is -3.33. The van der Waals surface area contributed by atoms with Crippen molar-refractivity contribution in [1.82, 2.24) is 0 Å². The first-order valence-corrected chi connectivity index (χ1v) is 8.45. The molecule has 0 amide bonds. The molecule has 0 spiro atoms. The van der Waals surface area contributed by atoms with E-state index >= 15 is 0 Å². The molecule has 0 saturated carbocycles. The highest BCUT2D eigenvalue weighted by molar-refractivity contribution is 5.98. The Kier molecular flexibility index (Phi) is 6.51. The number of rotatable bonds is 8. The van der Waals surface area contributed by atoms with Crippen LogP contribution in [-0.4, -0.2) is 35.2 Å². The second-order valence-electron chi connectivity index (χ2n) is 6.37. The fourth-order valence-corrected chi connectivity index (χ4v) is 2.87. The van der Waals surface area contributed by atoms with Gasteiger partial charge in [0.2, 0.25) is 0 Å². The smallest absolute Gasteiger partial charge is 0.337 e. The van der Waals surface area contributed by atoms with Gasteiger partial charge in [0.05, 0.1) is 24.3 Å². The zero-order valence-electron chi connectivity index (χ0n) is 15.2. The van der Waals surface area contributed by atoms with Crippen LogP contribution < -0.4 is 0 Å². The number of hydrogen-bond acceptors (Lipinski definition) is 5. The van der Waals surface area contributed by atoms with Gasteiger partial charge in [-0.05, 0) is 54.7 Å². The van der Waals surface area contributed by atoms with Gasteiger partial charge in [0, 0.05) is 0 Å². The first kappa shape index (κ1) is 20.6. The second-order valence-corrected chi connectivity index (χ2v) is 6.37. The van der Waals surface area contributed by atoms with Crippen LogP contribution in [0.3, 0.4) is 0 Å². The molecule has 0 fully saturated rings. The third-order valence-corrected chi connectivity index (χ3v) is 4.62. The number of benzene rings is 2. The average Bonchev–Trinajstić information content (AvgIpc) is 2.70. The van der Waals surface area contributed by atoms with Crippen molar-refractivity contribution >= 4 is 17.9 Å². The van der Waals surface area contributed by atoms with Gasteiger partial charge in [-0.2, -0.15) is 5.26 Å². The van der Waals surface area contributed by atoms with Gasteiger partial charge in [0.1, 0.15) is 0 Å². The maximum absolute atomic E-state index is 11.9. The SMILES string of the molecule is COC(=O)c1ccc(CCC(Cc2ccc(C#N)cc2)(C(=O)O)C(=O)O)cc1. The maximum atomic E-state index is 11.9. The maximum Gasteiger partial charge on any atom is 0.337 e. The molecule has 2 aromatic rings. The molecule has 0 unspecified atom stereocenters. The summed E-state index contributed by atoms with van der Waals surface area (Å²) in [4.78, 5) is 35.3. The van der Waals surface area contributed by atoms with Crippen LogP contribution in [0.4, 0.5) is 0 Å². The molecule has 0 radical (unpaired) electrons. The number of hydrogen-bond donors (Lipinski definition) is 2. The normalized spacial score (nSPS) is 10.7. The third kappa shape index (κ3) is 4.54. The number of nitriles is 1. The lowest BCUT2D eigenvalue weighted by Crippen LogP contribution is -2.42. The standard InChI is InChI=1S/C21H19NO6/c1-28-18(23)17-8-6-14(7-9-17)10-11-21(19(24)25,20(26)27)12-15-2-4-16(13-22)5-3-15/h2-9H,10-12H2,1H3,(H,24,25)(H,26,27). The van der Waals surface area contributed by atoms with Crippen molar-refractivity contribution in [3.63, 3.8) is 0 Å². The lowest BCUT2D eigenvalue weighted by molar-refractivity contribution is -0.165. The van der Waals surface area contributed by atoms with E-state index in [9.17, 15) is 24.6 Å². The van der Waals surface area contributed by atoms with E-state index < -0.39 is 23.3 Å². The Labute approximate surface area is 161 Å². The van der Waals surface area contributed by atoms with Gasteiger partial charge < -0.3 is 14.9 Å². The summed E-state index contributed by atoms with van der Waals surface area (Å²) in [5.41, 5.74) is -0.0173. The Morgan fingerprint density at radius 1 is 0.964 bits per heavy atom. The zero-order chi connectivity index (χ0) is 20.7. The number of ether oxygens (including phenoxy) is 1. The van der Waals surface area contributed by atoms with Crippen LogP contribution in [0.15, 0.2) is 48.5 Å². The third-order valence-electron chi connectivity index (χ3n) is 4.62.